The van der Waals surface area contributed by atoms with E-state index in [1.165, 1.54) is 4.57 Å². The Balaban J connectivity index is 1.19. The van der Waals surface area contributed by atoms with Gasteiger partial charge in [-0.1, -0.05) is 80.0 Å². The van der Waals surface area contributed by atoms with Crippen LogP contribution in [0.5, 0.6) is 0 Å². The van der Waals surface area contributed by atoms with Gasteiger partial charge in [0.05, 0.1) is 5.69 Å². The lowest BCUT2D eigenvalue weighted by molar-refractivity contribution is -0.124. The summed E-state index contributed by atoms with van der Waals surface area (Å²) in [6, 6.07) is 15.7. The lowest BCUT2D eigenvalue weighted by Crippen LogP contribution is -2.36. The number of alkyl carbamates (subject to hydrolysis) is 1. The molecule has 4 N–H and O–H groups in total. The lowest BCUT2D eigenvalue weighted by Gasteiger charge is -2.19. The van der Waals surface area contributed by atoms with Gasteiger partial charge in [0.25, 0.3) is 5.56 Å². The molecule has 2 aromatic carbocycles. The molecule has 0 saturated heterocycles. The molecule has 1 aliphatic heterocycles. The van der Waals surface area contributed by atoms with Crippen molar-refractivity contribution in [2.45, 2.75) is 63.8 Å². The Morgan fingerprint density at radius 3 is 2.48 bits per heavy atom. The van der Waals surface area contributed by atoms with Crippen molar-refractivity contribution >= 4 is 35.3 Å². The normalized spacial score (nSPS) is 17.0. The van der Waals surface area contributed by atoms with Gasteiger partial charge < -0.3 is 15.4 Å². The highest BCUT2D eigenvalue weighted by Crippen LogP contribution is 2.43. The van der Waals surface area contributed by atoms with Crippen LogP contribution in [0, 0.1) is 5.41 Å². The molecule has 0 bridgehead atoms. The smallest absolute Gasteiger partial charge is 0.413 e. The average Bonchev–Trinajstić information content (AvgIpc) is 3.70. The third kappa shape index (κ3) is 6.02. The van der Waals surface area contributed by atoms with E-state index in [0.717, 1.165) is 24.0 Å². The van der Waals surface area contributed by atoms with E-state index in [0.29, 0.717) is 17.7 Å². The van der Waals surface area contributed by atoms with E-state index in [2.05, 4.69) is 20.9 Å². The average molecular weight is 563 g/mol. The molecule has 0 radical (unpaired) electrons. The molecule has 40 heavy (non-hydrogen) atoms. The van der Waals surface area contributed by atoms with E-state index in [1.54, 1.807) is 24.3 Å². The first-order valence-electron chi connectivity index (χ1n) is 13.1. The van der Waals surface area contributed by atoms with Crippen molar-refractivity contribution in [2.75, 3.05) is 5.32 Å². The minimum atomic E-state index is -0.717. The maximum atomic E-state index is 13.3. The first kappa shape index (κ1) is 27.4. The van der Waals surface area contributed by atoms with Crippen molar-refractivity contribution in [3.63, 3.8) is 0 Å². The number of carbonyl (C=O) groups excluding carboxylic acids is 2. The van der Waals surface area contributed by atoms with Gasteiger partial charge in [0.2, 0.25) is 5.91 Å². The summed E-state index contributed by atoms with van der Waals surface area (Å²) in [6.07, 6.45) is 1.65. The van der Waals surface area contributed by atoms with Crippen LogP contribution < -0.4 is 21.5 Å². The summed E-state index contributed by atoms with van der Waals surface area (Å²) in [5.74, 6) is -0.200. The molecule has 1 aromatic heterocycles. The molecule has 2 amide bonds. The van der Waals surface area contributed by atoms with Crippen LogP contribution in [0.2, 0.25) is 5.15 Å². The predicted octanol–water partition coefficient (Wildman–Crippen LogP) is 4.26. The molecule has 1 atom stereocenters. The van der Waals surface area contributed by atoms with E-state index in [1.807, 2.05) is 44.2 Å². The first-order valence-corrected chi connectivity index (χ1v) is 13.5. The fourth-order valence-corrected chi connectivity index (χ4v) is 5.27. The summed E-state index contributed by atoms with van der Waals surface area (Å²) in [5, 5.41) is 16.9. The molecule has 3 aromatic rings. The van der Waals surface area contributed by atoms with Crippen molar-refractivity contribution in [2.24, 2.45) is 0 Å². The summed E-state index contributed by atoms with van der Waals surface area (Å²) < 4.78 is 6.65. The van der Waals surface area contributed by atoms with Gasteiger partial charge in [-0.15, -0.1) is 0 Å². The van der Waals surface area contributed by atoms with Crippen LogP contribution in [-0.4, -0.2) is 33.4 Å². The van der Waals surface area contributed by atoms with Gasteiger partial charge in [-0.3, -0.25) is 24.9 Å². The molecule has 2 heterocycles. The summed E-state index contributed by atoms with van der Waals surface area (Å²) in [5.41, 5.74) is 1.86. The number of anilines is 1. The molecule has 0 spiro atoms. The molecule has 5 rings (SSSR count). The molecular weight excluding hydrogens is 532 g/mol. The molecule has 11 heteroatoms. The maximum absolute atomic E-state index is 13.3. The standard InChI is InChI=1S/C29H31ClN6O4/c1-29(2)14-21(36-22(29)23(30)34-25(27(36)38)33-20-12-13-20)26(37)32-15-17-8-10-19(11-9-17)24(31)35-28(39)40-16-18-6-4-3-5-7-18/h3-11,20-21H,12-16H2,1-2H3,(H,32,37)(H,33,34)(H2,31,35,39)/t21-/m0/s1. The van der Waals surface area contributed by atoms with Crippen molar-refractivity contribution in [1.29, 1.82) is 5.41 Å². The second-order valence-electron chi connectivity index (χ2n) is 10.8. The summed E-state index contributed by atoms with van der Waals surface area (Å²) in [6.45, 7) is 4.24. The van der Waals surface area contributed by atoms with E-state index < -0.39 is 17.6 Å². The minimum absolute atomic E-state index is 0.0982. The second-order valence-corrected chi connectivity index (χ2v) is 11.1. The Bertz CT molecular complexity index is 1500. The number of halogens is 1. The molecule has 2 aliphatic rings. The van der Waals surface area contributed by atoms with Crippen molar-refractivity contribution in [3.8, 4) is 0 Å². The molecule has 1 aliphatic carbocycles. The Hall–Kier alpha value is -4.18. The van der Waals surface area contributed by atoms with Crippen molar-refractivity contribution in [3.05, 3.63) is 92.5 Å². The fraction of sp³-hybridized carbons (Fsp3) is 0.345. The van der Waals surface area contributed by atoms with Crippen molar-refractivity contribution < 1.29 is 14.3 Å². The highest BCUT2D eigenvalue weighted by Gasteiger charge is 2.44. The number of hydrogen-bond acceptors (Lipinski definition) is 7. The number of aromatic nitrogens is 2. The number of ether oxygens (including phenoxy) is 1. The van der Waals surface area contributed by atoms with E-state index in [-0.39, 0.29) is 47.5 Å². The van der Waals surface area contributed by atoms with Crippen LogP contribution >= 0.6 is 11.6 Å². The lowest BCUT2D eigenvalue weighted by atomic mass is 9.87. The number of benzene rings is 2. The van der Waals surface area contributed by atoms with Gasteiger partial charge >= 0.3 is 6.09 Å². The SMILES string of the molecule is CC1(C)C[C@@H](C(=O)NCc2ccc(C(=N)NC(=O)OCc3ccccc3)cc2)n2c1c(Cl)nc(NC1CC1)c2=O. The van der Waals surface area contributed by atoms with Gasteiger partial charge in [-0.25, -0.2) is 9.78 Å². The molecule has 208 valence electrons. The number of carbonyl (C=O) groups is 2. The zero-order valence-corrected chi connectivity index (χ0v) is 23.0. The Morgan fingerprint density at radius 1 is 1.10 bits per heavy atom. The van der Waals surface area contributed by atoms with Gasteiger partial charge in [0.1, 0.15) is 18.5 Å². The predicted molar refractivity (Wildman–Crippen MR) is 152 cm³/mol. The maximum Gasteiger partial charge on any atom is 0.413 e. The summed E-state index contributed by atoms with van der Waals surface area (Å²) >= 11 is 6.50. The zero-order valence-electron chi connectivity index (χ0n) is 22.3. The molecular formula is C29H31ClN6O4. The van der Waals surface area contributed by atoms with Crippen molar-refractivity contribution in [1.82, 2.24) is 20.2 Å². The fourth-order valence-electron chi connectivity index (χ4n) is 4.84. The Kier molecular flexibility index (Phi) is 7.62. The summed E-state index contributed by atoms with van der Waals surface area (Å²) in [7, 11) is 0. The molecule has 10 nitrogen and oxygen atoms in total. The van der Waals surface area contributed by atoms with E-state index in [4.69, 9.17) is 21.7 Å². The van der Waals surface area contributed by atoms with Crippen LogP contribution in [-0.2, 0) is 28.1 Å². The van der Waals surface area contributed by atoms with E-state index in [9.17, 15) is 14.4 Å². The third-order valence-corrected chi connectivity index (χ3v) is 7.36. The number of amides is 2. The third-order valence-electron chi connectivity index (χ3n) is 7.09. The van der Waals surface area contributed by atoms with Gasteiger partial charge in [-0.2, -0.15) is 0 Å². The highest BCUT2D eigenvalue weighted by atomic mass is 35.5. The number of amidine groups is 1. The Morgan fingerprint density at radius 2 is 1.80 bits per heavy atom. The van der Waals surface area contributed by atoms with Crippen LogP contribution in [0.3, 0.4) is 0 Å². The van der Waals surface area contributed by atoms with Crippen LogP contribution in [0.25, 0.3) is 0 Å². The van der Waals surface area contributed by atoms with Crippen LogP contribution in [0.1, 0.15) is 61.5 Å². The van der Waals surface area contributed by atoms with Crippen LogP contribution in [0.15, 0.2) is 59.4 Å². The molecule has 0 unspecified atom stereocenters. The first-order chi connectivity index (χ1) is 19.1. The number of nitrogens with one attached hydrogen (secondary N) is 4. The zero-order chi connectivity index (χ0) is 28.4. The largest absolute Gasteiger partial charge is 0.444 e. The van der Waals surface area contributed by atoms with Crippen LogP contribution in [0.4, 0.5) is 10.6 Å². The summed E-state index contributed by atoms with van der Waals surface area (Å²) in [4.78, 5) is 42.9. The quantitative estimate of drug-likeness (QED) is 0.239. The van der Waals surface area contributed by atoms with Gasteiger partial charge in [-0.05, 0) is 30.4 Å². The highest BCUT2D eigenvalue weighted by molar-refractivity contribution is 6.30. The van der Waals surface area contributed by atoms with E-state index >= 15 is 0 Å². The molecule has 1 fully saturated rings. The minimum Gasteiger partial charge on any atom is -0.444 e. The number of fused-ring (bicyclic) bond motifs is 1. The van der Waals surface area contributed by atoms with Gasteiger partial charge in [0, 0.05) is 23.6 Å². The molecule has 1 saturated carbocycles. The second kappa shape index (κ2) is 11.1. The number of rotatable bonds is 8. The number of nitrogens with zero attached hydrogens (tertiary/aromatic N) is 2. The Labute approximate surface area is 236 Å². The topological polar surface area (TPSA) is 138 Å². The monoisotopic (exact) mass is 562 g/mol. The number of hydrogen-bond donors (Lipinski definition) is 4. The van der Waals surface area contributed by atoms with Gasteiger partial charge in [0.15, 0.2) is 11.0 Å².